The van der Waals surface area contributed by atoms with Crippen molar-refractivity contribution in [1.82, 2.24) is 4.90 Å². The van der Waals surface area contributed by atoms with E-state index in [1.165, 1.54) is 4.88 Å². The van der Waals surface area contributed by atoms with E-state index in [2.05, 4.69) is 26.9 Å². The van der Waals surface area contributed by atoms with Crippen LogP contribution in [0.5, 0.6) is 0 Å². The Balaban J connectivity index is 2.07. The van der Waals surface area contributed by atoms with Gasteiger partial charge in [0.1, 0.15) is 6.04 Å². The molecule has 88 valence electrons. The van der Waals surface area contributed by atoms with Gasteiger partial charge >= 0.3 is 5.97 Å². The second kappa shape index (κ2) is 4.85. The van der Waals surface area contributed by atoms with Crippen molar-refractivity contribution in [2.24, 2.45) is 5.92 Å². The van der Waals surface area contributed by atoms with Crippen molar-refractivity contribution in [3.05, 3.63) is 20.8 Å². The molecule has 1 aliphatic heterocycles. The average molecular weight is 304 g/mol. The number of carboxylic acid groups (broad SMARTS) is 1. The predicted octanol–water partition coefficient (Wildman–Crippen LogP) is 2.81. The van der Waals surface area contributed by atoms with Crippen LogP contribution in [0.4, 0.5) is 0 Å². The smallest absolute Gasteiger partial charge is 0.321 e. The summed E-state index contributed by atoms with van der Waals surface area (Å²) in [5.74, 6) is -0.443. The van der Waals surface area contributed by atoms with E-state index in [1.807, 2.05) is 13.0 Å². The summed E-state index contributed by atoms with van der Waals surface area (Å²) in [5.41, 5.74) is 0. The van der Waals surface area contributed by atoms with Gasteiger partial charge in [-0.1, -0.05) is 6.92 Å². The fraction of sp³-hybridized carbons (Fsp3) is 0.545. The van der Waals surface area contributed by atoms with Gasteiger partial charge in [0.2, 0.25) is 0 Å². The lowest BCUT2D eigenvalue weighted by molar-refractivity contribution is -0.143. The third kappa shape index (κ3) is 2.47. The minimum atomic E-state index is -0.694. The summed E-state index contributed by atoms with van der Waals surface area (Å²) in [4.78, 5) is 14.4. The Hall–Kier alpha value is -0.390. The van der Waals surface area contributed by atoms with Gasteiger partial charge in [-0.05, 0) is 46.9 Å². The first-order chi connectivity index (χ1) is 7.58. The number of aliphatic carboxylic acids is 1. The van der Waals surface area contributed by atoms with E-state index < -0.39 is 5.97 Å². The summed E-state index contributed by atoms with van der Waals surface area (Å²) >= 11 is 5.09. The molecule has 0 spiro atoms. The lowest BCUT2D eigenvalue weighted by atomic mass is 10.0. The number of hydrogen-bond acceptors (Lipinski definition) is 3. The number of nitrogens with zero attached hydrogens (tertiary/aromatic N) is 1. The summed E-state index contributed by atoms with van der Waals surface area (Å²) in [6.07, 6.45) is 0.976. The summed E-state index contributed by atoms with van der Waals surface area (Å²) < 4.78 is 1.10. The van der Waals surface area contributed by atoms with E-state index in [0.29, 0.717) is 0 Å². The largest absolute Gasteiger partial charge is 0.480 e. The second-order valence-corrected chi connectivity index (χ2v) is 6.77. The molecule has 1 aromatic heterocycles. The molecule has 16 heavy (non-hydrogen) atoms. The van der Waals surface area contributed by atoms with Crippen LogP contribution in [-0.4, -0.2) is 28.6 Å². The van der Waals surface area contributed by atoms with Crippen LogP contribution in [-0.2, 0) is 11.3 Å². The number of halogens is 1. The predicted molar refractivity (Wildman–Crippen MR) is 67.6 cm³/mol. The van der Waals surface area contributed by atoms with Crippen molar-refractivity contribution in [3.63, 3.8) is 0 Å². The lowest BCUT2D eigenvalue weighted by Crippen LogP contribution is -2.38. The van der Waals surface area contributed by atoms with Gasteiger partial charge in [-0.3, -0.25) is 9.69 Å². The molecule has 0 amide bonds. The molecule has 1 aromatic rings. The van der Waals surface area contributed by atoms with E-state index in [4.69, 9.17) is 0 Å². The first-order valence-electron chi connectivity index (χ1n) is 5.29. The van der Waals surface area contributed by atoms with E-state index >= 15 is 0 Å². The highest BCUT2D eigenvalue weighted by Gasteiger charge is 2.36. The highest BCUT2D eigenvalue weighted by molar-refractivity contribution is 9.11. The lowest BCUT2D eigenvalue weighted by Gasteiger charge is -2.22. The molecule has 0 aliphatic carbocycles. The SMILES string of the molecule is CC1CCN(Cc2ccc(Br)s2)C1C(=O)O. The molecule has 2 heterocycles. The van der Waals surface area contributed by atoms with Gasteiger partial charge in [0.05, 0.1) is 3.79 Å². The highest BCUT2D eigenvalue weighted by Crippen LogP contribution is 2.29. The van der Waals surface area contributed by atoms with Gasteiger partial charge in [0.25, 0.3) is 0 Å². The van der Waals surface area contributed by atoms with Gasteiger partial charge < -0.3 is 5.11 Å². The van der Waals surface area contributed by atoms with Crippen LogP contribution in [0.15, 0.2) is 15.9 Å². The van der Waals surface area contributed by atoms with Crippen LogP contribution in [0.3, 0.4) is 0 Å². The molecule has 2 atom stereocenters. The topological polar surface area (TPSA) is 40.5 Å². The molecule has 1 saturated heterocycles. The summed E-state index contributed by atoms with van der Waals surface area (Å²) in [6, 6.07) is 3.74. The zero-order valence-electron chi connectivity index (χ0n) is 9.02. The Morgan fingerprint density at radius 1 is 1.69 bits per heavy atom. The average Bonchev–Trinajstić information content (AvgIpc) is 2.74. The first-order valence-corrected chi connectivity index (χ1v) is 6.90. The van der Waals surface area contributed by atoms with Crippen molar-refractivity contribution in [1.29, 1.82) is 0 Å². The van der Waals surface area contributed by atoms with Crippen molar-refractivity contribution in [2.45, 2.75) is 25.9 Å². The molecule has 2 unspecified atom stereocenters. The first kappa shape index (κ1) is 12.1. The van der Waals surface area contributed by atoms with E-state index in [1.54, 1.807) is 11.3 Å². The maximum absolute atomic E-state index is 11.2. The fourth-order valence-corrected chi connectivity index (χ4v) is 3.75. The van der Waals surface area contributed by atoms with Gasteiger partial charge in [-0.2, -0.15) is 0 Å². The number of hydrogen-bond donors (Lipinski definition) is 1. The van der Waals surface area contributed by atoms with E-state index in [9.17, 15) is 9.90 Å². The Morgan fingerprint density at radius 2 is 2.44 bits per heavy atom. The van der Waals surface area contributed by atoms with Gasteiger partial charge in [0.15, 0.2) is 0 Å². The number of rotatable bonds is 3. The summed E-state index contributed by atoms with van der Waals surface area (Å²) in [6.45, 7) is 3.65. The number of carbonyl (C=O) groups is 1. The van der Waals surface area contributed by atoms with Crippen molar-refractivity contribution >= 4 is 33.2 Å². The van der Waals surface area contributed by atoms with Crippen LogP contribution in [0.2, 0.25) is 0 Å². The third-order valence-corrected chi connectivity index (χ3v) is 4.65. The monoisotopic (exact) mass is 303 g/mol. The van der Waals surface area contributed by atoms with Gasteiger partial charge in [-0.25, -0.2) is 0 Å². The molecule has 0 saturated carbocycles. The Labute approximate surface area is 107 Å². The Morgan fingerprint density at radius 3 is 3.00 bits per heavy atom. The van der Waals surface area contributed by atoms with Crippen LogP contribution < -0.4 is 0 Å². The summed E-state index contributed by atoms with van der Waals surface area (Å²) in [7, 11) is 0. The Kier molecular flexibility index (Phi) is 3.66. The van der Waals surface area contributed by atoms with Crippen LogP contribution in [0.1, 0.15) is 18.2 Å². The standard InChI is InChI=1S/C11H14BrNO2S/c1-7-4-5-13(10(7)11(14)15)6-8-2-3-9(12)16-8/h2-3,7,10H,4-6H2,1H3,(H,14,15). The van der Waals surface area contributed by atoms with Crippen LogP contribution in [0, 0.1) is 5.92 Å². The van der Waals surface area contributed by atoms with E-state index in [-0.39, 0.29) is 12.0 Å². The minimum absolute atomic E-state index is 0.251. The fourth-order valence-electron chi connectivity index (χ4n) is 2.24. The second-order valence-electron chi connectivity index (χ2n) is 4.23. The van der Waals surface area contributed by atoms with Crippen molar-refractivity contribution in [2.75, 3.05) is 6.54 Å². The highest BCUT2D eigenvalue weighted by atomic mass is 79.9. The number of thiophene rings is 1. The quantitative estimate of drug-likeness (QED) is 0.933. The molecule has 2 rings (SSSR count). The molecular weight excluding hydrogens is 290 g/mol. The van der Waals surface area contributed by atoms with Gasteiger partial charge in [0, 0.05) is 11.4 Å². The molecule has 1 N–H and O–H groups in total. The molecule has 0 bridgehead atoms. The summed E-state index contributed by atoms with van der Waals surface area (Å²) in [5, 5.41) is 9.19. The molecule has 0 radical (unpaired) electrons. The Bertz CT molecular complexity index is 393. The van der Waals surface area contributed by atoms with Crippen LogP contribution >= 0.6 is 27.3 Å². The van der Waals surface area contributed by atoms with Crippen molar-refractivity contribution in [3.8, 4) is 0 Å². The maximum Gasteiger partial charge on any atom is 0.321 e. The molecule has 0 aromatic carbocycles. The maximum atomic E-state index is 11.2. The molecule has 3 nitrogen and oxygen atoms in total. The molecule has 1 fully saturated rings. The minimum Gasteiger partial charge on any atom is -0.480 e. The molecule has 1 aliphatic rings. The van der Waals surface area contributed by atoms with Crippen LogP contribution in [0.25, 0.3) is 0 Å². The zero-order valence-corrected chi connectivity index (χ0v) is 11.4. The zero-order chi connectivity index (χ0) is 11.7. The van der Waals surface area contributed by atoms with E-state index in [0.717, 1.165) is 23.3 Å². The molecule has 5 heteroatoms. The number of likely N-dealkylation sites (tertiary alicyclic amines) is 1. The normalized spacial score (nSPS) is 26.1. The molecular formula is C11H14BrNO2S. The van der Waals surface area contributed by atoms with Gasteiger partial charge in [-0.15, -0.1) is 11.3 Å². The third-order valence-electron chi connectivity index (χ3n) is 3.04. The van der Waals surface area contributed by atoms with Crippen molar-refractivity contribution < 1.29 is 9.90 Å². The number of carboxylic acids is 1.